The summed E-state index contributed by atoms with van der Waals surface area (Å²) in [4.78, 5) is 12.3. The highest BCUT2D eigenvalue weighted by Crippen LogP contribution is 2.48. The Morgan fingerprint density at radius 1 is 0.955 bits per heavy atom. The van der Waals surface area contributed by atoms with Gasteiger partial charge >= 0.3 is 0 Å². The Hall–Kier alpha value is -2.68. The van der Waals surface area contributed by atoms with Crippen LogP contribution in [0.15, 0.2) is 48.9 Å². The first kappa shape index (κ1) is 11.9. The molecule has 0 fully saturated rings. The molecule has 22 heavy (non-hydrogen) atoms. The number of hydrogen-bond acceptors (Lipinski definition) is 2. The molecule has 2 heterocycles. The van der Waals surface area contributed by atoms with Gasteiger partial charge in [0.25, 0.3) is 0 Å². The largest absolute Gasteiger partial charge is 0.355 e. The highest BCUT2D eigenvalue weighted by atomic mass is 14.8. The molecule has 1 aliphatic carbocycles. The maximum absolute atomic E-state index is 4.55. The van der Waals surface area contributed by atoms with E-state index in [9.17, 15) is 0 Å². The second-order valence-corrected chi connectivity index (χ2v) is 6.52. The Morgan fingerprint density at radius 2 is 1.82 bits per heavy atom. The first-order valence-electron chi connectivity index (χ1n) is 7.52. The van der Waals surface area contributed by atoms with E-state index in [4.69, 9.17) is 0 Å². The van der Waals surface area contributed by atoms with Crippen LogP contribution in [0.5, 0.6) is 0 Å². The van der Waals surface area contributed by atoms with Crippen LogP contribution in [0, 0.1) is 0 Å². The summed E-state index contributed by atoms with van der Waals surface area (Å²) in [5.41, 5.74) is 7.15. The van der Waals surface area contributed by atoms with Crippen LogP contribution in [0.4, 0.5) is 0 Å². The van der Waals surface area contributed by atoms with Gasteiger partial charge in [0.05, 0.1) is 5.69 Å². The quantitative estimate of drug-likeness (QED) is 0.519. The summed E-state index contributed by atoms with van der Waals surface area (Å²) in [6, 6.07) is 13.0. The van der Waals surface area contributed by atoms with E-state index in [1.165, 1.54) is 38.5 Å². The minimum atomic E-state index is -0.0581. The highest BCUT2D eigenvalue weighted by Gasteiger charge is 2.37. The van der Waals surface area contributed by atoms with Crippen molar-refractivity contribution in [1.82, 2.24) is 15.0 Å². The van der Waals surface area contributed by atoms with E-state index in [1.807, 2.05) is 6.20 Å². The number of nitrogens with zero attached hydrogens (tertiary/aromatic N) is 2. The van der Waals surface area contributed by atoms with Crippen molar-refractivity contribution in [2.45, 2.75) is 19.3 Å². The van der Waals surface area contributed by atoms with Crippen molar-refractivity contribution in [2.24, 2.45) is 0 Å². The summed E-state index contributed by atoms with van der Waals surface area (Å²) < 4.78 is 0. The van der Waals surface area contributed by atoms with Crippen LogP contribution in [0.2, 0.25) is 0 Å². The molecule has 0 bridgehead atoms. The lowest BCUT2D eigenvalue weighted by molar-refractivity contribution is 0.656. The number of H-pyrrole nitrogens is 1. The average molecular weight is 285 g/mol. The minimum absolute atomic E-state index is 0.0581. The van der Waals surface area contributed by atoms with Crippen LogP contribution in [-0.4, -0.2) is 15.0 Å². The molecule has 0 radical (unpaired) electrons. The standard InChI is InChI=1S/C19H15N3/c1-19(2)14-8-17-12(11-5-3-4-6-16(11)22-17)7-13(14)18-15(19)9-20-10-21-18/h3-10,22H,1-2H3. The smallest absolute Gasteiger partial charge is 0.116 e. The van der Waals surface area contributed by atoms with Crippen molar-refractivity contribution in [1.29, 1.82) is 0 Å². The first-order chi connectivity index (χ1) is 10.7. The molecule has 0 aliphatic heterocycles. The van der Waals surface area contributed by atoms with Crippen molar-refractivity contribution < 1.29 is 0 Å². The molecule has 4 aromatic rings. The highest BCUT2D eigenvalue weighted by molar-refractivity contribution is 6.09. The normalized spacial score (nSPS) is 15.2. The molecule has 0 saturated heterocycles. The van der Waals surface area contributed by atoms with Gasteiger partial charge in [-0.1, -0.05) is 32.0 Å². The molecule has 3 nitrogen and oxygen atoms in total. The van der Waals surface area contributed by atoms with Gasteiger partial charge in [-0.15, -0.1) is 0 Å². The van der Waals surface area contributed by atoms with E-state index in [0.717, 1.165) is 5.69 Å². The molecule has 0 amide bonds. The second-order valence-electron chi connectivity index (χ2n) is 6.52. The Kier molecular flexibility index (Phi) is 2.03. The van der Waals surface area contributed by atoms with E-state index in [1.54, 1.807) is 6.33 Å². The number of fused-ring (bicyclic) bond motifs is 6. The summed E-state index contributed by atoms with van der Waals surface area (Å²) in [6.07, 6.45) is 3.60. The van der Waals surface area contributed by atoms with E-state index >= 15 is 0 Å². The predicted octanol–water partition coefficient (Wildman–Crippen LogP) is 4.42. The van der Waals surface area contributed by atoms with Gasteiger partial charge < -0.3 is 4.98 Å². The predicted molar refractivity (Wildman–Crippen MR) is 89.0 cm³/mol. The van der Waals surface area contributed by atoms with Crippen LogP contribution < -0.4 is 0 Å². The number of benzene rings is 2. The van der Waals surface area contributed by atoms with Crippen LogP contribution in [0.3, 0.4) is 0 Å². The maximum Gasteiger partial charge on any atom is 0.116 e. The van der Waals surface area contributed by atoms with E-state index < -0.39 is 0 Å². The molecular formula is C19H15N3. The van der Waals surface area contributed by atoms with E-state index in [2.05, 4.69) is 65.2 Å². The van der Waals surface area contributed by atoms with Gasteiger partial charge in [-0.3, -0.25) is 0 Å². The zero-order valence-corrected chi connectivity index (χ0v) is 12.5. The Labute approximate surface area is 128 Å². The molecule has 2 aromatic carbocycles. The number of aromatic nitrogens is 3. The van der Waals surface area contributed by atoms with Crippen molar-refractivity contribution in [3.05, 3.63) is 60.0 Å². The third kappa shape index (κ3) is 1.31. The van der Waals surface area contributed by atoms with Crippen LogP contribution >= 0.6 is 0 Å². The molecule has 0 atom stereocenters. The minimum Gasteiger partial charge on any atom is -0.355 e. The fraction of sp³-hybridized carbons (Fsp3) is 0.158. The molecule has 3 heteroatoms. The molecule has 5 rings (SSSR count). The van der Waals surface area contributed by atoms with Gasteiger partial charge in [0.1, 0.15) is 6.33 Å². The molecular weight excluding hydrogens is 270 g/mol. The topological polar surface area (TPSA) is 41.6 Å². The van der Waals surface area contributed by atoms with E-state index in [0.29, 0.717) is 0 Å². The van der Waals surface area contributed by atoms with Gasteiger partial charge in [-0.25, -0.2) is 9.97 Å². The monoisotopic (exact) mass is 285 g/mol. The summed E-state index contributed by atoms with van der Waals surface area (Å²) in [6.45, 7) is 4.49. The summed E-state index contributed by atoms with van der Waals surface area (Å²) in [5.74, 6) is 0. The van der Waals surface area contributed by atoms with Gasteiger partial charge in [-0.2, -0.15) is 0 Å². The second kappa shape index (κ2) is 3.74. The zero-order chi connectivity index (χ0) is 14.9. The maximum atomic E-state index is 4.55. The van der Waals surface area contributed by atoms with Crippen molar-refractivity contribution in [3.63, 3.8) is 0 Å². The number of para-hydroxylation sites is 1. The Balaban J connectivity index is 1.95. The lowest BCUT2D eigenvalue weighted by atomic mass is 9.83. The van der Waals surface area contributed by atoms with Gasteiger partial charge in [0.2, 0.25) is 0 Å². The third-order valence-corrected chi connectivity index (χ3v) is 4.96. The van der Waals surface area contributed by atoms with Crippen LogP contribution in [0.25, 0.3) is 33.1 Å². The van der Waals surface area contributed by atoms with Crippen molar-refractivity contribution >= 4 is 21.8 Å². The Bertz CT molecular complexity index is 1060. The number of hydrogen-bond donors (Lipinski definition) is 1. The van der Waals surface area contributed by atoms with Crippen LogP contribution in [0.1, 0.15) is 25.0 Å². The molecule has 2 aromatic heterocycles. The Morgan fingerprint density at radius 3 is 2.73 bits per heavy atom. The molecule has 0 spiro atoms. The fourth-order valence-electron chi connectivity index (χ4n) is 3.76. The average Bonchev–Trinajstić information content (AvgIpc) is 3.00. The van der Waals surface area contributed by atoms with Gasteiger partial charge in [0.15, 0.2) is 0 Å². The summed E-state index contributed by atoms with van der Waals surface area (Å²) in [5, 5.41) is 2.53. The molecule has 1 N–H and O–H groups in total. The third-order valence-electron chi connectivity index (χ3n) is 4.96. The molecule has 1 aliphatic rings. The zero-order valence-electron chi connectivity index (χ0n) is 12.5. The number of nitrogens with one attached hydrogen (secondary N) is 1. The van der Waals surface area contributed by atoms with Gasteiger partial charge in [0, 0.05) is 44.5 Å². The van der Waals surface area contributed by atoms with Crippen molar-refractivity contribution in [3.8, 4) is 11.3 Å². The number of rotatable bonds is 0. The summed E-state index contributed by atoms with van der Waals surface area (Å²) in [7, 11) is 0. The van der Waals surface area contributed by atoms with Gasteiger partial charge in [-0.05, 0) is 23.8 Å². The lowest BCUT2D eigenvalue weighted by Crippen LogP contribution is -2.15. The first-order valence-corrected chi connectivity index (χ1v) is 7.52. The van der Waals surface area contributed by atoms with Crippen LogP contribution in [-0.2, 0) is 5.41 Å². The molecule has 106 valence electrons. The molecule has 0 unspecified atom stereocenters. The SMILES string of the molecule is CC1(C)c2cc3[nH]c4ccccc4c3cc2-c2ncncc21. The van der Waals surface area contributed by atoms with E-state index in [-0.39, 0.29) is 5.41 Å². The number of aromatic amines is 1. The lowest BCUT2D eigenvalue weighted by Gasteiger charge is -2.20. The fourth-order valence-corrected chi connectivity index (χ4v) is 3.76. The molecule has 0 saturated carbocycles. The summed E-state index contributed by atoms with van der Waals surface area (Å²) >= 11 is 0. The van der Waals surface area contributed by atoms with Crippen molar-refractivity contribution in [2.75, 3.05) is 0 Å².